The molecule has 1 aromatic carbocycles. The Morgan fingerprint density at radius 1 is 1.30 bits per heavy atom. The molecule has 0 atom stereocenters. The Bertz CT molecular complexity index is 987. The van der Waals surface area contributed by atoms with Crippen LogP contribution in [0, 0.1) is 0 Å². The van der Waals surface area contributed by atoms with E-state index in [2.05, 4.69) is 25.7 Å². The first kappa shape index (κ1) is 17.5. The summed E-state index contributed by atoms with van der Waals surface area (Å²) in [5.41, 5.74) is 4.87. The fourth-order valence-electron chi connectivity index (χ4n) is 3.57. The molecule has 1 aliphatic heterocycles. The first-order valence-electron chi connectivity index (χ1n) is 9.26. The van der Waals surface area contributed by atoms with Crippen molar-refractivity contribution in [1.29, 1.82) is 0 Å². The van der Waals surface area contributed by atoms with Crippen molar-refractivity contribution >= 4 is 16.7 Å². The fourth-order valence-corrected chi connectivity index (χ4v) is 3.57. The van der Waals surface area contributed by atoms with E-state index >= 15 is 0 Å². The molecular formula is C20H24N6O. The second-order valence-corrected chi connectivity index (χ2v) is 6.88. The van der Waals surface area contributed by atoms with Crippen molar-refractivity contribution in [3.05, 3.63) is 42.4 Å². The highest BCUT2D eigenvalue weighted by Gasteiger charge is 2.19. The summed E-state index contributed by atoms with van der Waals surface area (Å²) < 4.78 is 1.99. The van der Waals surface area contributed by atoms with Crippen LogP contribution in [0.1, 0.15) is 31.4 Å². The molecule has 140 valence electrons. The number of aromatic hydroxyl groups is 1. The highest BCUT2D eigenvalue weighted by atomic mass is 16.3. The van der Waals surface area contributed by atoms with Crippen LogP contribution in [0.15, 0.2) is 36.8 Å². The van der Waals surface area contributed by atoms with E-state index in [1.165, 1.54) is 0 Å². The van der Waals surface area contributed by atoms with Crippen LogP contribution < -0.4 is 10.6 Å². The molecule has 4 rings (SSSR count). The minimum Gasteiger partial charge on any atom is -0.507 e. The number of phenolic OH excluding ortho intramolecular Hbond substituents is 1. The topological polar surface area (TPSA) is 87.9 Å². The zero-order valence-electron chi connectivity index (χ0n) is 15.6. The van der Waals surface area contributed by atoms with Crippen LogP contribution in [0.2, 0.25) is 0 Å². The molecule has 0 radical (unpaired) electrons. The molecule has 0 bridgehead atoms. The van der Waals surface area contributed by atoms with E-state index < -0.39 is 0 Å². The minimum absolute atomic E-state index is 0.191. The van der Waals surface area contributed by atoms with Crippen molar-refractivity contribution in [3.8, 4) is 17.0 Å². The first-order chi connectivity index (χ1) is 13.2. The van der Waals surface area contributed by atoms with Gasteiger partial charge in [0.05, 0.1) is 24.1 Å². The van der Waals surface area contributed by atoms with E-state index in [4.69, 9.17) is 0 Å². The van der Waals surface area contributed by atoms with Gasteiger partial charge in [-0.1, -0.05) is 6.07 Å². The molecular weight excluding hydrogens is 340 g/mol. The lowest BCUT2D eigenvalue weighted by Gasteiger charge is -2.23. The highest BCUT2D eigenvalue weighted by molar-refractivity contribution is 5.77. The van der Waals surface area contributed by atoms with Crippen molar-refractivity contribution in [3.63, 3.8) is 0 Å². The Kier molecular flexibility index (Phi) is 4.77. The van der Waals surface area contributed by atoms with Gasteiger partial charge in [0.25, 0.3) is 0 Å². The summed E-state index contributed by atoms with van der Waals surface area (Å²) in [6, 6.07) is 5.97. The molecule has 7 heteroatoms. The molecule has 1 saturated heterocycles. The molecule has 0 aliphatic carbocycles. The molecule has 3 heterocycles. The van der Waals surface area contributed by atoms with Gasteiger partial charge in [-0.2, -0.15) is 5.10 Å². The van der Waals surface area contributed by atoms with Gasteiger partial charge in [-0.05, 0) is 62.3 Å². The lowest BCUT2D eigenvalue weighted by molar-refractivity contribution is 0.350. The maximum absolute atomic E-state index is 10.5. The lowest BCUT2D eigenvalue weighted by Crippen LogP contribution is -2.29. The summed E-state index contributed by atoms with van der Waals surface area (Å²) in [7, 11) is 1.85. The van der Waals surface area contributed by atoms with Gasteiger partial charge in [0.15, 0.2) is 5.65 Å². The van der Waals surface area contributed by atoms with E-state index in [0.29, 0.717) is 17.3 Å². The van der Waals surface area contributed by atoms with Crippen LogP contribution in [-0.2, 0) is 0 Å². The zero-order valence-corrected chi connectivity index (χ0v) is 15.6. The van der Waals surface area contributed by atoms with E-state index in [0.717, 1.165) is 48.2 Å². The van der Waals surface area contributed by atoms with Crippen molar-refractivity contribution in [2.24, 2.45) is 0 Å². The Morgan fingerprint density at radius 3 is 2.85 bits per heavy atom. The molecule has 0 amide bonds. The summed E-state index contributed by atoms with van der Waals surface area (Å²) in [5.74, 6) is 0.191. The lowest BCUT2D eigenvalue weighted by atomic mass is 10.0. The quantitative estimate of drug-likeness (QED) is 0.660. The van der Waals surface area contributed by atoms with E-state index in [9.17, 15) is 5.11 Å². The summed E-state index contributed by atoms with van der Waals surface area (Å²) in [6.07, 6.45) is 7.46. The van der Waals surface area contributed by atoms with E-state index in [1.54, 1.807) is 18.5 Å². The van der Waals surface area contributed by atoms with Crippen molar-refractivity contribution < 1.29 is 5.11 Å². The largest absolute Gasteiger partial charge is 0.507 e. The molecule has 0 spiro atoms. The van der Waals surface area contributed by atoms with Crippen molar-refractivity contribution in [2.45, 2.75) is 25.8 Å². The Labute approximate surface area is 158 Å². The van der Waals surface area contributed by atoms with Gasteiger partial charge in [-0.15, -0.1) is 0 Å². The average molecular weight is 364 g/mol. The van der Waals surface area contributed by atoms with Gasteiger partial charge in [0, 0.05) is 12.6 Å². The predicted molar refractivity (Wildman–Crippen MR) is 106 cm³/mol. The van der Waals surface area contributed by atoms with Gasteiger partial charge >= 0.3 is 0 Å². The van der Waals surface area contributed by atoms with E-state index in [-0.39, 0.29) is 5.75 Å². The van der Waals surface area contributed by atoms with Gasteiger partial charge < -0.3 is 15.7 Å². The number of nitrogens with zero attached hydrogens (tertiary/aromatic N) is 4. The summed E-state index contributed by atoms with van der Waals surface area (Å²) in [5, 5.41) is 21.4. The number of allylic oxidation sites excluding steroid dienone is 1. The number of fused-ring (bicyclic) bond motifs is 1. The van der Waals surface area contributed by atoms with E-state index in [1.807, 2.05) is 37.0 Å². The number of hydrogen-bond acceptors (Lipinski definition) is 6. The van der Waals surface area contributed by atoms with Crippen LogP contribution in [0.25, 0.3) is 28.0 Å². The third-order valence-electron chi connectivity index (χ3n) is 5.04. The maximum Gasteiger partial charge on any atom is 0.177 e. The fraction of sp³-hybridized carbons (Fsp3) is 0.350. The van der Waals surface area contributed by atoms with Crippen molar-refractivity contribution in [1.82, 2.24) is 30.4 Å². The Morgan fingerprint density at radius 2 is 2.11 bits per heavy atom. The third kappa shape index (κ3) is 3.38. The number of aromatic nitrogens is 4. The highest BCUT2D eigenvalue weighted by Crippen LogP contribution is 2.31. The molecule has 1 aliphatic rings. The normalized spacial score (nSPS) is 16.0. The number of nitrogens with one attached hydrogen (secondary N) is 2. The second kappa shape index (κ2) is 7.36. The van der Waals surface area contributed by atoms with Crippen molar-refractivity contribution in [2.75, 3.05) is 20.1 Å². The first-order valence-corrected chi connectivity index (χ1v) is 9.26. The predicted octanol–water partition coefficient (Wildman–Crippen LogP) is 2.70. The smallest absolute Gasteiger partial charge is 0.177 e. The molecule has 7 nitrogen and oxygen atoms in total. The number of benzene rings is 1. The van der Waals surface area contributed by atoms with Gasteiger partial charge in [-0.25, -0.2) is 14.6 Å². The average Bonchev–Trinajstić information content (AvgIpc) is 3.12. The molecule has 2 aromatic heterocycles. The third-order valence-corrected chi connectivity index (χ3v) is 5.04. The standard InChI is InChI=1S/C20H24N6O/c1-13(10-21-2)14-3-4-16(19(27)9-14)17-11-23-20-18(25-17)12-24-26(20)15-5-7-22-8-6-15/h3-4,9-12,15,21-22,27H,5-8H2,1-2H3/b13-10+. The molecule has 0 saturated carbocycles. The number of rotatable bonds is 4. The molecule has 3 aromatic rings. The van der Waals surface area contributed by atoms with Crippen LogP contribution in [0.4, 0.5) is 0 Å². The molecule has 0 unspecified atom stereocenters. The van der Waals surface area contributed by atoms with Gasteiger partial charge in [0.1, 0.15) is 11.3 Å². The van der Waals surface area contributed by atoms with Crippen LogP contribution in [-0.4, -0.2) is 45.0 Å². The SMILES string of the molecule is CN/C=C(\C)c1ccc(-c2cnc3c(cnn3C3CCNCC3)n2)c(O)c1. The second-order valence-electron chi connectivity index (χ2n) is 6.88. The minimum atomic E-state index is 0.191. The summed E-state index contributed by atoms with van der Waals surface area (Å²) >= 11 is 0. The number of piperidine rings is 1. The molecule has 27 heavy (non-hydrogen) atoms. The maximum atomic E-state index is 10.5. The summed E-state index contributed by atoms with van der Waals surface area (Å²) in [4.78, 5) is 9.29. The van der Waals surface area contributed by atoms with Gasteiger partial charge in [0.2, 0.25) is 0 Å². The zero-order chi connectivity index (χ0) is 18.8. The van der Waals surface area contributed by atoms with Crippen LogP contribution >= 0.6 is 0 Å². The molecule has 3 N–H and O–H groups in total. The van der Waals surface area contributed by atoms with Crippen LogP contribution in [0.5, 0.6) is 5.75 Å². The van der Waals surface area contributed by atoms with Gasteiger partial charge in [-0.3, -0.25) is 0 Å². The molecule has 1 fully saturated rings. The summed E-state index contributed by atoms with van der Waals surface area (Å²) in [6.45, 7) is 3.99. The number of hydrogen-bond donors (Lipinski definition) is 3. The van der Waals surface area contributed by atoms with Crippen LogP contribution in [0.3, 0.4) is 0 Å². The Hall–Kier alpha value is -2.93. The Balaban J connectivity index is 1.67. The number of phenols is 1. The monoisotopic (exact) mass is 364 g/mol.